The lowest BCUT2D eigenvalue weighted by Gasteiger charge is -2.48. The average Bonchev–Trinajstić information content (AvgIpc) is 2.84. The first-order valence-corrected chi connectivity index (χ1v) is 11.4. The van der Waals surface area contributed by atoms with E-state index in [1.54, 1.807) is 24.3 Å². The molecule has 2 amide bonds. The molecular weight excluding hydrogens is 497 g/mol. The summed E-state index contributed by atoms with van der Waals surface area (Å²) in [5, 5.41) is 29.0. The number of piperazine rings is 1. The predicted octanol–water partition coefficient (Wildman–Crippen LogP) is 4.07. The Bertz CT molecular complexity index is 1270. The molecule has 196 valence electrons. The Balaban J connectivity index is 1.49. The lowest BCUT2D eigenvalue weighted by atomic mass is 9.82. The standard InChI is InChI=1S/C25H23F3N2O7/c26-17-7-8-18(27)22(21(17)28)37-9-1-2-13-3-5-14(6-4-13)16-10-15-11-29(24(33)34)12-19(20(16)23(31)32)30(15)25(35)36/h3-8,15,19H,1-2,9-12H2,(H,31,32)(H,33,34)(H,35,36)/t15-,19-/m1/s1. The van der Waals surface area contributed by atoms with Gasteiger partial charge in [0.15, 0.2) is 17.4 Å². The Kier molecular flexibility index (Phi) is 7.28. The Morgan fingerprint density at radius 2 is 1.59 bits per heavy atom. The van der Waals surface area contributed by atoms with Crippen LogP contribution in [0, 0.1) is 17.5 Å². The number of nitrogens with zero attached hydrogens (tertiary/aromatic N) is 2. The zero-order valence-corrected chi connectivity index (χ0v) is 19.4. The van der Waals surface area contributed by atoms with E-state index in [9.17, 15) is 42.9 Å². The van der Waals surface area contributed by atoms with Crippen molar-refractivity contribution in [3.8, 4) is 5.75 Å². The number of rotatable bonds is 7. The Morgan fingerprint density at radius 1 is 0.919 bits per heavy atom. The quantitative estimate of drug-likeness (QED) is 0.371. The van der Waals surface area contributed by atoms with Gasteiger partial charge in [-0.1, -0.05) is 24.3 Å². The van der Waals surface area contributed by atoms with Gasteiger partial charge in [0, 0.05) is 13.1 Å². The number of halogens is 3. The molecule has 0 aliphatic carbocycles. The van der Waals surface area contributed by atoms with Crippen molar-refractivity contribution in [2.75, 3.05) is 19.7 Å². The fourth-order valence-electron chi connectivity index (χ4n) is 4.86. The summed E-state index contributed by atoms with van der Waals surface area (Å²) in [6, 6.07) is 6.46. The molecule has 0 spiro atoms. The van der Waals surface area contributed by atoms with E-state index in [0.29, 0.717) is 30.0 Å². The maximum absolute atomic E-state index is 13.7. The molecule has 2 aromatic rings. The molecule has 2 aliphatic heterocycles. The van der Waals surface area contributed by atoms with E-state index in [1.165, 1.54) is 0 Å². The van der Waals surface area contributed by atoms with Crippen LogP contribution in [0.25, 0.3) is 5.57 Å². The highest BCUT2D eigenvalue weighted by atomic mass is 19.2. The third-order valence-electron chi connectivity index (χ3n) is 6.53. The molecule has 37 heavy (non-hydrogen) atoms. The summed E-state index contributed by atoms with van der Waals surface area (Å²) < 4.78 is 45.7. The molecule has 0 aromatic heterocycles. The summed E-state index contributed by atoms with van der Waals surface area (Å²) in [7, 11) is 0. The van der Waals surface area contributed by atoms with Crippen molar-refractivity contribution < 1.29 is 47.6 Å². The molecule has 2 heterocycles. The largest absolute Gasteiger partial charge is 0.488 e. The van der Waals surface area contributed by atoms with E-state index in [2.05, 4.69) is 0 Å². The molecule has 9 nitrogen and oxygen atoms in total. The fourth-order valence-corrected chi connectivity index (χ4v) is 4.86. The van der Waals surface area contributed by atoms with Gasteiger partial charge in [-0.05, 0) is 48.1 Å². The summed E-state index contributed by atoms with van der Waals surface area (Å²) in [6.45, 7) is -0.422. The van der Waals surface area contributed by atoms with Crippen molar-refractivity contribution >= 4 is 23.7 Å². The molecule has 2 aliphatic rings. The lowest BCUT2D eigenvalue weighted by Crippen LogP contribution is -2.64. The molecule has 3 N–H and O–H groups in total. The molecule has 0 saturated carbocycles. The van der Waals surface area contributed by atoms with Gasteiger partial charge in [-0.25, -0.2) is 23.2 Å². The number of aryl methyl sites for hydroxylation is 1. The molecule has 2 bridgehead atoms. The molecule has 12 heteroatoms. The van der Waals surface area contributed by atoms with Gasteiger partial charge < -0.3 is 25.0 Å². The number of carbonyl (C=O) groups is 3. The Morgan fingerprint density at radius 3 is 2.22 bits per heavy atom. The molecule has 2 aromatic carbocycles. The zero-order valence-electron chi connectivity index (χ0n) is 19.4. The van der Waals surface area contributed by atoms with Crippen LogP contribution in [0.4, 0.5) is 22.8 Å². The minimum atomic E-state index is -1.39. The second kappa shape index (κ2) is 10.4. The first-order valence-electron chi connectivity index (χ1n) is 11.4. The van der Waals surface area contributed by atoms with Gasteiger partial charge >= 0.3 is 18.2 Å². The highest BCUT2D eigenvalue weighted by Gasteiger charge is 2.47. The number of hydrogen-bond donors (Lipinski definition) is 3. The van der Waals surface area contributed by atoms with Gasteiger partial charge in [0.2, 0.25) is 5.82 Å². The maximum Gasteiger partial charge on any atom is 0.408 e. The van der Waals surface area contributed by atoms with Gasteiger partial charge in [0.05, 0.1) is 24.3 Å². The molecule has 2 atom stereocenters. The van der Waals surface area contributed by atoms with E-state index in [1.807, 2.05) is 0 Å². The van der Waals surface area contributed by atoms with E-state index in [0.717, 1.165) is 21.4 Å². The van der Waals surface area contributed by atoms with Gasteiger partial charge in [-0.2, -0.15) is 4.39 Å². The predicted molar refractivity (Wildman–Crippen MR) is 123 cm³/mol. The average molecular weight is 520 g/mol. The molecule has 0 unspecified atom stereocenters. The second-order valence-corrected chi connectivity index (χ2v) is 8.77. The van der Waals surface area contributed by atoms with E-state index in [4.69, 9.17) is 4.74 Å². The SMILES string of the molecule is O=C(O)C1=C(c2ccc(CCCOc3c(F)ccc(F)c3F)cc2)C[C@@H]2CN(C(=O)O)C[C@H]1N2C(=O)O. The first-order chi connectivity index (χ1) is 17.6. The summed E-state index contributed by atoms with van der Waals surface area (Å²) >= 11 is 0. The van der Waals surface area contributed by atoms with Crippen LogP contribution in [-0.4, -0.2) is 75.1 Å². The third kappa shape index (κ3) is 5.18. The smallest absolute Gasteiger partial charge is 0.408 e. The summed E-state index contributed by atoms with van der Waals surface area (Å²) in [5.41, 5.74) is 1.68. The monoisotopic (exact) mass is 520 g/mol. The van der Waals surface area contributed by atoms with Crippen LogP contribution >= 0.6 is 0 Å². The number of fused-ring (bicyclic) bond motifs is 2. The number of carboxylic acids is 1. The minimum absolute atomic E-state index is 0.0339. The fraction of sp³-hybridized carbons (Fsp3) is 0.320. The summed E-state index contributed by atoms with van der Waals surface area (Å²) in [6.07, 6.45) is -1.71. The van der Waals surface area contributed by atoms with Crippen molar-refractivity contribution in [1.82, 2.24) is 9.80 Å². The van der Waals surface area contributed by atoms with Crippen LogP contribution in [0.2, 0.25) is 0 Å². The third-order valence-corrected chi connectivity index (χ3v) is 6.53. The number of hydrogen-bond acceptors (Lipinski definition) is 4. The molecule has 1 saturated heterocycles. The van der Waals surface area contributed by atoms with E-state index >= 15 is 0 Å². The van der Waals surface area contributed by atoms with Crippen molar-refractivity contribution in [3.05, 3.63) is 70.5 Å². The minimum Gasteiger partial charge on any atom is -0.488 e. The van der Waals surface area contributed by atoms with Crippen molar-refractivity contribution in [2.24, 2.45) is 0 Å². The number of amides is 2. The van der Waals surface area contributed by atoms with Gasteiger partial charge in [-0.3, -0.25) is 4.90 Å². The van der Waals surface area contributed by atoms with Gasteiger partial charge in [0.1, 0.15) is 0 Å². The normalized spacial score (nSPS) is 19.1. The van der Waals surface area contributed by atoms with Crippen LogP contribution in [0.5, 0.6) is 5.75 Å². The van der Waals surface area contributed by atoms with Crippen LogP contribution in [0.15, 0.2) is 42.0 Å². The molecule has 0 radical (unpaired) electrons. The Hall–Kier alpha value is -4.22. The number of ether oxygens (including phenoxy) is 1. The highest BCUT2D eigenvalue weighted by Crippen LogP contribution is 2.38. The summed E-state index contributed by atoms with van der Waals surface area (Å²) in [4.78, 5) is 37.6. The number of aliphatic carboxylic acids is 1. The van der Waals surface area contributed by atoms with Crippen molar-refractivity contribution in [3.63, 3.8) is 0 Å². The lowest BCUT2D eigenvalue weighted by molar-refractivity contribution is -0.133. The molecule has 1 fully saturated rings. The maximum atomic E-state index is 13.7. The number of benzene rings is 2. The van der Waals surface area contributed by atoms with Crippen molar-refractivity contribution in [1.29, 1.82) is 0 Å². The molecule has 4 rings (SSSR count). The van der Waals surface area contributed by atoms with Crippen LogP contribution < -0.4 is 4.74 Å². The van der Waals surface area contributed by atoms with Gasteiger partial charge in [-0.15, -0.1) is 0 Å². The van der Waals surface area contributed by atoms with Crippen molar-refractivity contribution in [2.45, 2.75) is 31.3 Å². The van der Waals surface area contributed by atoms with Crippen LogP contribution in [0.1, 0.15) is 24.0 Å². The van der Waals surface area contributed by atoms with Crippen LogP contribution in [-0.2, 0) is 11.2 Å². The highest BCUT2D eigenvalue weighted by molar-refractivity contribution is 5.99. The van der Waals surface area contributed by atoms with E-state index in [-0.39, 0.29) is 31.7 Å². The second-order valence-electron chi connectivity index (χ2n) is 8.77. The van der Waals surface area contributed by atoms with Gasteiger partial charge in [0.25, 0.3) is 0 Å². The molecular formula is C25H23F3N2O7. The van der Waals surface area contributed by atoms with E-state index < -0.39 is 53.4 Å². The van der Waals surface area contributed by atoms with Crippen LogP contribution in [0.3, 0.4) is 0 Å². The Labute approximate surface area is 209 Å². The first kappa shape index (κ1) is 25.9. The number of carboxylic acid groups (broad SMARTS) is 3. The topological polar surface area (TPSA) is 128 Å². The summed E-state index contributed by atoms with van der Waals surface area (Å²) in [5.74, 6) is -5.71. The zero-order chi connectivity index (χ0) is 26.9.